The summed E-state index contributed by atoms with van der Waals surface area (Å²) in [5, 5.41) is 18.1. The number of carbonyl (C=O) groups is 1. The lowest BCUT2D eigenvalue weighted by molar-refractivity contribution is -0.120. The van der Waals surface area contributed by atoms with E-state index in [1.807, 2.05) is 6.92 Å². The van der Waals surface area contributed by atoms with Crippen molar-refractivity contribution in [1.82, 2.24) is 0 Å². The number of Topliss-reactive ketones (excluding diaryl/α,β-unsaturated/α-hetero) is 1. The summed E-state index contributed by atoms with van der Waals surface area (Å²) in [6.45, 7) is 3.01. The van der Waals surface area contributed by atoms with Gasteiger partial charge in [-0.2, -0.15) is 0 Å². The molecule has 1 atom stereocenters. The van der Waals surface area contributed by atoms with Gasteiger partial charge in [0.1, 0.15) is 5.78 Å². The van der Waals surface area contributed by atoms with Gasteiger partial charge in [-0.1, -0.05) is 13.0 Å². The Kier molecular flexibility index (Phi) is 4.97. The van der Waals surface area contributed by atoms with E-state index in [9.17, 15) is 9.90 Å². The van der Waals surface area contributed by atoms with E-state index in [2.05, 4.69) is 0 Å². The highest BCUT2D eigenvalue weighted by molar-refractivity contribution is 5.77. The molecule has 0 aliphatic carbocycles. The van der Waals surface area contributed by atoms with Gasteiger partial charge in [-0.3, -0.25) is 4.79 Å². The Morgan fingerprint density at radius 2 is 2.18 bits per heavy atom. The van der Waals surface area contributed by atoms with Crippen LogP contribution in [-0.2, 0) is 11.2 Å². The van der Waals surface area contributed by atoms with E-state index in [0.29, 0.717) is 0 Å². The van der Waals surface area contributed by atoms with Gasteiger partial charge in [0, 0.05) is 5.92 Å². The zero-order chi connectivity index (χ0) is 12.8. The number of aliphatic hydroxyl groups excluding tert-OH is 1. The second kappa shape index (κ2) is 6.25. The Morgan fingerprint density at radius 1 is 1.47 bits per heavy atom. The van der Waals surface area contributed by atoms with Crippen LogP contribution in [0.1, 0.15) is 25.8 Å². The number of phenolic OH excluding ortho intramolecular Hbond substituents is 1. The molecule has 1 unspecified atom stereocenters. The number of hydrogen-bond acceptors (Lipinski definition) is 4. The van der Waals surface area contributed by atoms with Crippen LogP contribution in [0.2, 0.25) is 0 Å². The highest BCUT2D eigenvalue weighted by atomic mass is 16.6. The molecular formula is C13H18O4. The lowest BCUT2D eigenvalue weighted by Gasteiger charge is -2.10. The maximum absolute atomic E-state index is 11.1. The number of ether oxygens (including phenoxy) is 1. The Bertz CT molecular complexity index is 387. The van der Waals surface area contributed by atoms with Gasteiger partial charge in [-0.25, -0.2) is 0 Å². The van der Waals surface area contributed by atoms with Crippen molar-refractivity contribution in [3.63, 3.8) is 0 Å². The molecule has 1 rings (SSSR count). The fourth-order valence-corrected chi connectivity index (χ4v) is 1.49. The monoisotopic (exact) mass is 238 g/mol. The molecule has 0 saturated carbocycles. The molecule has 0 radical (unpaired) electrons. The lowest BCUT2D eigenvalue weighted by atomic mass is 9.98. The van der Waals surface area contributed by atoms with Crippen LogP contribution in [0.4, 0.5) is 0 Å². The molecule has 0 fully saturated rings. The maximum atomic E-state index is 11.1. The summed E-state index contributed by atoms with van der Waals surface area (Å²) in [4.78, 5) is 11.1. The number of aryl methyl sites for hydroxylation is 1. The quantitative estimate of drug-likeness (QED) is 0.742. The van der Waals surface area contributed by atoms with E-state index in [0.717, 1.165) is 18.4 Å². The minimum atomic E-state index is -0.471. The van der Waals surface area contributed by atoms with Gasteiger partial charge in [-0.05, 0) is 37.5 Å². The first-order valence-electron chi connectivity index (χ1n) is 5.60. The first kappa shape index (κ1) is 13.5. The standard InChI is InChI=1S/C13H18O4/c1-9(10(2)15)3-4-11-5-6-12(16)13(7-11)17-8-14/h5-7,9,14,16H,3-4,8H2,1-2H3. The van der Waals surface area contributed by atoms with Crippen LogP contribution in [0.3, 0.4) is 0 Å². The first-order chi connectivity index (χ1) is 8.04. The number of hydrogen-bond donors (Lipinski definition) is 2. The van der Waals surface area contributed by atoms with E-state index in [1.54, 1.807) is 19.1 Å². The normalized spacial score (nSPS) is 12.2. The Balaban J connectivity index is 2.65. The SMILES string of the molecule is CC(=O)C(C)CCc1ccc(O)c(OCO)c1. The summed E-state index contributed by atoms with van der Waals surface area (Å²) in [7, 11) is 0. The largest absolute Gasteiger partial charge is 0.504 e. The van der Waals surface area contributed by atoms with Crippen molar-refractivity contribution in [1.29, 1.82) is 0 Å². The van der Waals surface area contributed by atoms with Crippen molar-refractivity contribution in [3.05, 3.63) is 23.8 Å². The molecule has 1 aromatic rings. The summed E-state index contributed by atoms with van der Waals surface area (Å²) >= 11 is 0. The number of rotatable bonds is 6. The van der Waals surface area contributed by atoms with Gasteiger partial charge in [0.15, 0.2) is 18.3 Å². The number of ketones is 1. The van der Waals surface area contributed by atoms with Crippen molar-refractivity contribution in [2.75, 3.05) is 6.79 Å². The molecule has 17 heavy (non-hydrogen) atoms. The van der Waals surface area contributed by atoms with E-state index in [4.69, 9.17) is 9.84 Å². The highest BCUT2D eigenvalue weighted by Gasteiger charge is 2.09. The number of aromatic hydroxyl groups is 1. The van der Waals surface area contributed by atoms with Gasteiger partial charge < -0.3 is 14.9 Å². The molecule has 1 aromatic carbocycles. The third kappa shape index (κ3) is 4.07. The van der Waals surface area contributed by atoms with Crippen LogP contribution in [0.15, 0.2) is 18.2 Å². The van der Waals surface area contributed by atoms with Gasteiger partial charge in [-0.15, -0.1) is 0 Å². The predicted molar refractivity (Wildman–Crippen MR) is 64.0 cm³/mol. The third-order valence-corrected chi connectivity index (χ3v) is 2.80. The average molecular weight is 238 g/mol. The van der Waals surface area contributed by atoms with Crippen LogP contribution in [0.5, 0.6) is 11.5 Å². The molecule has 0 bridgehead atoms. The number of carbonyl (C=O) groups excluding carboxylic acids is 1. The second-order valence-electron chi connectivity index (χ2n) is 4.13. The first-order valence-corrected chi connectivity index (χ1v) is 5.60. The van der Waals surface area contributed by atoms with E-state index >= 15 is 0 Å². The van der Waals surface area contributed by atoms with Crippen molar-refractivity contribution >= 4 is 5.78 Å². The predicted octanol–water partition coefficient (Wildman–Crippen LogP) is 1.88. The summed E-state index contributed by atoms with van der Waals surface area (Å²) < 4.78 is 4.87. The van der Waals surface area contributed by atoms with Crippen LogP contribution in [0.25, 0.3) is 0 Å². The molecular weight excluding hydrogens is 220 g/mol. The number of aliphatic hydroxyl groups is 1. The van der Waals surface area contributed by atoms with Crippen LogP contribution in [-0.4, -0.2) is 22.8 Å². The second-order valence-corrected chi connectivity index (χ2v) is 4.13. The number of benzene rings is 1. The molecule has 4 heteroatoms. The van der Waals surface area contributed by atoms with E-state index in [1.165, 1.54) is 6.07 Å². The summed E-state index contributed by atoms with van der Waals surface area (Å²) in [5.74, 6) is 0.476. The molecule has 0 aliphatic rings. The molecule has 0 aromatic heterocycles. The minimum absolute atomic E-state index is 0.00224. The summed E-state index contributed by atoms with van der Waals surface area (Å²) in [6.07, 6.45) is 1.50. The number of phenols is 1. The molecule has 94 valence electrons. The Labute approximate surface area is 101 Å². The van der Waals surface area contributed by atoms with Crippen molar-refractivity contribution in [2.24, 2.45) is 5.92 Å². The smallest absolute Gasteiger partial charge is 0.186 e. The molecule has 4 nitrogen and oxygen atoms in total. The lowest BCUT2D eigenvalue weighted by Crippen LogP contribution is -2.07. The molecule has 0 amide bonds. The molecule has 0 spiro atoms. The highest BCUT2D eigenvalue weighted by Crippen LogP contribution is 2.27. The molecule has 0 heterocycles. The van der Waals surface area contributed by atoms with Crippen LogP contribution >= 0.6 is 0 Å². The molecule has 0 aliphatic heterocycles. The van der Waals surface area contributed by atoms with Gasteiger partial charge in [0.2, 0.25) is 0 Å². The summed E-state index contributed by atoms with van der Waals surface area (Å²) in [6, 6.07) is 4.99. The fourth-order valence-electron chi connectivity index (χ4n) is 1.49. The van der Waals surface area contributed by atoms with E-state index < -0.39 is 6.79 Å². The van der Waals surface area contributed by atoms with Gasteiger partial charge in [0.25, 0.3) is 0 Å². The van der Waals surface area contributed by atoms with E-state index in [-0.39, 0.29) is 23.2 Å². The van der Waals surface area contributed by atoms with Gasteiger partial charge in [0.05, 0.1) is 0 Å². The zero-order valence-corrected chi connectivity index (χ0v) is 10.1. The summed E-state index contributed by atoms with van der Waals surface area (Å²) in [5.41, 5.74) is 0.972. The maximum Gasteiger partial charge on any atom is 0.186 e. The molecule has 0 saturated heterocycles. The average Bonchev–Trinajstić information content (AvgIpc) is 2.29. The Morgan fingerprint density at radius 3 is 2.76 bits per heavy atom. The third-order valence-electron chi connectivity index (χ3n) is 2.80. The van der Waals surface area contributed by atoms with Crippen molar-refractivity contribution < 1.29 is 19.7 Å². The van der Waals surface area contributed by atoms with Crippen LogP contribution in [0, 0.1) is 5.92 Å². The Hall–Kier alpha value is -1.55. The van der Waals surface area contributed by atoms with Crippen molar-refractivity contribution in [2.45, 2.75) is 26.7 Å². The minimum Gasteiger partial charge on any atom is -0.504 e. The van der Waals surface area contributed by atoms with Gasteiger partial charge >= 0.3 is 0 Å². The molecule has 2 N–H and O–H groups in total. The van der Waals surface area contributed by atoms with Crippen LogP contribution < -0.4 is 4.74 Å². The fraction of sp³-hybridized carbons (Fsp3) is 0.462. The topological polar surface area (TPSA) is 66.8 Å². The zero-order valence-electron chi connectivity index (χ0n) is 10.1. The van der Waals surface area contributed by atoms with Crippen molar-refractivity contribution in [3.8, 4) is 11.5 Å².